The Morgan fingerprint density at radius 2 is 2.00 bits per heavy atom. The molecular formula is C12H24N2O. The van der Waals surface area contributed by atoms with Gasteiger partial charge in [0.1, 0.15) is 0 Å². The molecule has 0 aromatic heterocycles. The monoisotopic (exact) mass is 212 g/mol. The maximum Gasteiger partial charge on any atom is 0.0940 e. The summed E-state index contributed by atoms with van der Waals surface area (Å²) >= 11 is 0. The van der Waals surface area contributed by atoms with E-state index < -0.39 is 0 Å². The standard InChI is InChI=1S/C12H24N2O/c1-10(2)14-6-4-5-11(7-14)12(15)8-13(3)9-12/h10-11,15H,4-9H2,1-3H3. The first kappa shape index (κ1) is 11.4. The molecule has 2 rings (SSSR count). The van der Waals surface area contributed by atoms with Crippen molar-refractivity contribution in [2.45, 2.75) is 38.3 Å². The zero-order valence-corrected chi connectivity index (χ0v) is 10.2. The van der Waals surface area contributed by atoms with Crippen molar-refractivity contribution in [1.29, 1.82) is 0 Å². The second kappa shape index (κ2) is 4.04. The van der Waals surface area contributed by atoms with E-state index in [1.54, 1.807) is 0 Å². The average molecular weight is 212 g/mol. The summed E-state index contributed by atoms with van der Waals surface area (Å²) in [6, 6.07) is 0.620. The number of likely N-dealkylation sites (tertiary alicyclic amines) is 2. The van der Waals surface area contributed by atoms with E-state index in [0.29, 0.717) is 12.0 Å². The maximum atomic E-state index is 10.4. The van der Waals surface area contributed by atoms with E-state index >= 15 is 0 Å². The van der Waals surface area contributed by atoms with Gasteiger partial charge in [0.15, 0.2) is 0 Å². The fraction of sp³-hybridized carbons (Fsp3) is 1.00. The Labute approximate surface area is 93.1 Å². The lowest BCUT2D eigenvalue weighted by Crippen LogP contribution is -2.66. The summed E-state index contributed by atoms with van der Waals surface area (Å²) in [5.41, 5.74) is -0.387. The van der Waals surface area contributed by atoms with Crippen LogP contribution in [0, 0.1) is 5.92 Å². The van der Waals surface area contributed by atoms with Crippen LogP contribution >= 0.6 is 0 Å². The molecule has 0 bridgehead atoms. The van der Waals surface area contributed by atoms with Crippen LogP contribution in [0.5, 0.6) is 0 Å². The summed E-state index contributed by atoms with van der Waals surface area (Å²) in [6.45, 7) is 8.52. The van der Waals surface area contributed by atoms with Crippen molar-refractivity contribution >= 4 is 0 Å². The van der Waals surface area contributed by atoms with Crippen LogP contribution in [0.3, 0.4) is 0 Å². The van der Waals surface area contributed by atoms with Crippen LogP contribution in [0.1, 0.15) is 26.7 Å². The molecule has 0 saturated carbocycles. The van der Waals surface area contributed by atoms with Crippen molar-refractivity contribution in [3.05, 3.63) is 0 Å². The lowest BCUT2D eigenvalue weighted by Gasteiger charge is -2.52. The zero-order chi connectivity index (χ0) is 11.1. The minimum atomic E-state index is -0.387. The minimum Gasteiger partial charge on any atom is -0.387 e. The zero-order valence-electron chi connectivity index (χ0n) is 10.2. The van der Waals surface area contributed by atoms with Gasteiger partial charge in [0.2, 0.25) is 0 Å². The van der Waals surface area contributed by atoms with Gasteiger partial charge in [-0.25, -0.2) is 0 Å². The summed E-state index contributed by atoms with van der Waals surface area (Å²) in [5.74, 6) is 0.491. The van der Waals surface area contributed by atoms with Gasteiger partial charge in [0, 0.05) is 31.6 Å². The quantitative estimate of drug-likeness (QED) is 0.733. The minimum absolute atomic E-state index is 0.387. The predicted molar refractivity (Wildman–Crippen MR) is 61.9 cm³/mol. The SMILES string of the molecule is CC(C)N1CCCC(C2(O)CN(C)C2)C1. The first-order valence-electron chi connectivity index (χ1n) is 6.16. The van der Waals surface area contributed by atoms with Crippen LogP contribution < -0.4 is 0 Å². The molecule has 1 N–H and O–H groups in total. The molecule has 2 saturated heterocycles. The van der Waals surface area contributed by atoms with Crippen LogP contribution in [0.4, 0.5) is 0 Å². The Kier molecular flexibility index (Phi) is 3.06. The van der Waals surface area contributed by atoms with Crippen molar-refractivity contribution in [3.63, 3.8) is 0 Å². The fourth-order valence-electron chi connectivity index (χ4n) is 3.06. The van der Waals surface area contributed by atoms with E-state index in [4.69, 9.17) is 0 Å². The fourth-order valence-corrected chi connectivity index (χ4v) is 3.06. The average Bonchev–Trinajstić information content (AvgIpc) is 2.16. The maximum absolute atomic E-state index is 10.4. The number of rotatable bonds is 2. The lowest BCUT2D eigenvalue weighted by atomic mass is 9.76. The van der Waals surface area contributed by atoms with E-state index in [2.05, 4.69) is 30.7 Å². The summed E-state index contributed by atoms with van der Waals surface area (Å²) in [4.78, 5) is 4.71. The van der Waals surface area contributed by atoms with Gasteiger partial charge < -0.3 is 14.9 Å². The third-order valence-corrected chi connectivity index (χ3v) is 4.03. The van der Waals surface area contributed by atoms with Gasteiger partial charge in [0.05, 0.1) is 5.60 Å². The first-order valence-corrected chi connectivity index (χ1v) is 6.16. The molecule has 0 amide bonds. The highest BCUT2D eigenvalue weighted by atomic mass is 16.3. The normalized spacial score (nSPS) is 33.0. The molecule has 2 aliphatic rings. The lowest BCUT2D eigenvalue weighted by molar-refractivity contribution is -0.141. The van der Waals surface area contributed by atoms with Gasteiger partial charge in [-0.05, 0) is 40.3 Å². The van der Waals surface area contributed by atoms with Crippen molar-refractivity contribution in [2.24, 2.45) is 5.92 Å². The Hall–Kier alpha value is -0.120. The molecule has 0 spiro atoms. The van der Waals surface area contributed by atoms with Crippen molar-refractivity contribution in [1.82, 2.24) is 9.80 Å². The van der Waals surface area contributed by atoms with E-state index in [-0.39, 0.29) is 5.60 Å². The molecule has 1 atom stereocenters. The summed E-state index contributed by atoms with van der Waals surface area (Å²) in [7, 11) is 2.08. The molecule has 1 unspecified atom stereocenters. The van der Waals surface area contributed by atoms with Crippen LogP contribution in [0.15, 0.2) is 0 Å². The molecule has 0 aromatic carbocycles. The second-order valence-electron chi connectivity index (χ2n) is 5.70. The van der Waals surface area contributed by atoms with E-state index in [1.165, 1.54) is 19.4 Å². The van der Waals surface area contributed by atoms with Gasteiger partial charge in [-0.15, -0.1) is 0 Å². The number of piperidine rings is 1. The van der Waals surface area contributed by atoms with Crippen molar-refractivity contribution < 1.29 is 5.11 Å². The van der Waals surface area contributed by atoms with E-state index in [9.17, 15) is 5.11 Å². The van der Waals surface area contributed by atoms with Gasteiger partial charge in [-0.2, -0.15) is 0 Å². The van der Waals surface area contributed by atoms with Gasteiger partial charge in [-0.1, -0.05) is 0 Å². The molecule has 0 radical (unpaired) electrons. The molecule has 2 aliphatic heterocycles. The van der Waals surface area contributed by atoms with Crippen LogP contribution in [0.25, 0.3) is 0 Å². The number of hydrogen-bond donors (Lipinski definition) is 1. The highest BCUT2D eigenvalue weighted by Gasteiger charge is 2.46. The van der Waals surface area contributed by atoms with Crippen LogP contribution in [0.2, 0.25) is 0 Å². The number of likely N-dealkylation sites (N-methyl/N-ethyl adjacent to an activating group) is 1. The number of hydrogen-bond acceptors (Lipinski definition) is 3. The van der Waals surface area contributed by atoms with Crippen molar-refractivity contribution in [2.75, 3.05) is 33.2 Å². The number of β-amino-alcohol motifs (C(OH)–C–C–N with tert-alkyl or cyclic N) is 1. The number of nitrogens with zero attached hydrogens (tertiary/aromatic N) is 2. The predicted octanol–water partition coefficient (Wildman–Crippen LogP) is 0.783. The molecule has 0 aliphatic carbocycles. The highest BCUT2D eigenvalue weighted by molar-refractivity contribution is 5.01. The van der Waals surface area contributed by atoms with E-state index in [0.717, 1.165) is 19.6 Å². The van der Waals surface area contributed by atoms with E-state index in [1.807, 2.05) is 0 Å². The highest BCUT2D eigenvalue weighted by Crippen LogP contribution is 2.34. The Morgan fingerprint density at radius 3 is 2.53 bits per heavy atom. The smallest absolute Gasteiger partial charge is 0.0940 e. The third-order valence-electron chi connectivity index (χ3n) is 4.03. The molecule has 3 nitrogen and oxygen atoms in total. The summed E-state index contributed by atoms with van der Waals surface area (Å²) in [5, 5.41) is 10.4. The molecule has 3 heteroatoms. The molecule has 2 heterocycles. The van der Waals surface area contributed by atoms with Gasteiger partial charge >= 0.3 is 0 Å². The second-order valence-corrected chi connectivity index (χ2v) is 5.70. The number of aliphatic hydroxyl groups is 1. The molecule has 0 aromatic rings. The molecular weight excluding hydrogens is 188 g/mol. The van der Waals surface area contributed by atoms with Crippen LogP contribution in [-0.2, 0) is 0 Å². The topological polar surface area (TPSA) is 26.7 Å². The Morgan fingerprint density at radius 1 is 1.33 bits per heavy atom. The Bertz CT molecular complexity index is 224. The molecule has 15 heavy (non-hydrogen) atoms. The Balaban J connectivity index is 1.93. The van der Waals surface area contributed by atoms with Crippen molar-refractivity contribution in [3.8, 4) is 0 Å². The first-order chi connectivity index (χ1) is 7.01. The summed E-state index contributed by atoms with van der Waals surface area (Å²) < 4.78 is 0. The largest absolute Gasteiger partial charge is 0.387 e. The molecule has 88 valence electrons. The van der Waals surface area contributed by atoms with Gasteiger partial charge in [-0.3, -0.25) is 0 Å². The van der Waals surface area contributed by atoms with Crippen LogP contribution in [-0.4, -0.2) is 59.8 Å². The molecule has 2 fully saturated rings. The third kappa shape index (κ3) is 2.19. The summed E-state index contributed by atoms with van der Waals surface area (Å²) in [6.07, 6.45) is 2.45. The van der Waals surface area contributed by atoms with Gasteiger partial charge in [0.25, 0.3) is 0 Å².